The standard InChI is InChI=1S/C9H8N4O4S/c1-7-10-6-12(11-7)18(16,17)9-4-2-8(3-5-9)13(14)15/h2-6H,1H3. The second-order valence-corrected chi connectivity index (χ2v) is 5.22. The summed E-state index contributed by atoms with van der Waals surface area (Å²) in [4.78, 5) is 13.5. The zero-order valence-corrected chi connectivity index (χ0v) is 10.0. The normalized spacial score (nSPS) is 11.4. The minimum atomic E-state index is -3.84. The average Bonchev–Trinajstić information content (AvgIpc) is 2.76. The molecule has 1 aromatic carbocycles. The van der Waals surface area contributed by atoms with Crippen molar-refractivity contribution in [2.24, 2.45) is 0 Å². The Balaban J connectivity index is 2.45. The molecule has 1 heterocycles. The second kappa shape index (κ2) is 4.18. The topological polar surface area (TPSA) is 108 Å². The molecule has 2 rings (SSSR count). The van der Waals surface area contributed by atoms with Gasteiger partial charge in [-0.2, -0.15) is 8.42 Å². The van der Waals surface area contributed by atoms with Crippen molar-refractivity contribution in [2.75, 3.05) is 0 Å². The van der Waals surface area contributed by atoms with Crippen LogP contribution in [0.2, 0.25) is 0 Å². The zero-order valence-electron chi connectivity index (χ0n) is 9.22. The number of aromatic nitrogens is 3. The van der Waals surface area contributed by atoms with Crippen LogP contribution in [-0.2, 0) is 10.0 Å². The molecular formula is C9H8N4O4S. The highest BCUT2D eigenvalue weighted by Gasteiger charge is 2.19. The third-order valence-corrected chi connectivity index (χ3v) is 3.71. The summed E-state index contributed by atoms with van der Waals surface area (Å²) >= 11 is 0. The van der Waals surface area contributed by atoms with Crippen molar-refractivity contribution in [1.29, 1.82) is 0 Å². The predicted molar refractivity (Wildman–Crippen MR) is 60.4 cm³/mol. The Hall–Kier alpha value is -2.29. The molecule has 8 nitrogen and oxygen atoms in total. The molecule has 0 bridgehead atoms. The lowest BCUT2D eigenvalue weighted by Crippen LogP contribution is -2.13. The molecule has 0 aliphatic carbocycles. The second-order valence-electron chi connectivity index (χ2n) is 3.42. The van der Waals surface area contributed by atoms with Crippen molar-refractivity contribution in [3.05, 3.63) is 46.5 Å². The monoisotopic (exact) mass is 268 g/mol. The molecule has 9 heteroatoms. The highest BCUT2D eigenvalue weighted by Crippen LogP contribution is 2.17. The summed E-state index contributed by atoms with van der Waals surface area (Å²) in [5.74, 6) is 0.320. The molecule has 0 aliphatic rings. The van der Waals surface area contributed by atoms with Gasteiger partial charge in [0.05, 0.1) is 9.82 Å². The van der Waals surface area contributed by atoms with E-state index in [2.05, 4.69) is 10.1 Å². The van der Waals surface area contributed by atoms with Crippen LogP contribution in [-0.4, -0.2) is 27.5 Å². The molecule has 0 aliphatic heterocycles. The van der Waals surface area contributed by atoms with Gasteiger partial charge in [-0.15, -0.1) is 9.19 Å². The molecular weight excluding hydrogens is 260 g/mol. The van der Waals surface area contributed by atoms with Crippen molar-refractivity contribution in [3.8, 4) is 0 Å². The van der Waals surface area contributed by atoms with E-state index in [0.29, 0.717) is 5.82 Å². The predicted octanol–water partition coefficient (Wildman–Crippen LogP) is 0.732. The van der Waals surface area contributed by atoms with Crippen LogP contribution < -0.4 is 0 Å². The van der Waals surface area contributed by atoms with E-state index in [1.165, 1.54) is 0 Å². The van der Waals surface area contributed by atoms with Crippen LogP contribution in [0.1, 0.15) is 5.82 Å². The molecule has 0 fully saturated rings. The van der Waals surface area contributed by atoms with Gasteiger partial charge in [0.2, 0.25) is 0 Å². The van der Waals surface area contributed by atoms with E-state index in [1.807, 2.05) is 0 Å². The minimum absolute atomic E-state index is 0.0852. The Morgan fingerprint density at radius 1 is 1.28 bits per heavy atom. The first-order chi connectivity index (χ1) is 8.41. The highest BCUT2D eigenvalue weighted by atomic mass is 32.2. The summed E-state index contributed by atoms with van der Waals surface area (Å²) in [5, 5.41) is 14.2. The molecule has 0 saturated heterocycles. The Kier molecular flexibility index (Phi) is 2.83. The Bertz CT molecular complexity index is 690. The summed E-state index contributed by atoms with van der Waals surface area (Å²) in [6, 6.07) is 4.56. The third kappa shape index (κ3) is 2.07. The first kappa shape index (κ1) is 12.2. The van der Waals surface area contributed by atoms with Crippen molar-refractivity contribution >= 4 is 15.7 Å². The van der Waals surface area contributed by atoms with E-state index in [9.17, 15) is 18.5 Å². The fraction of sp³-hybridized carbons (Fsp3) is 0.111. The summed E-state index contributed by atoms with van der Waals surface area (Å²) < 4.78 is 24.8. The van der Waals surface area contributed by atoms with Crippen LogP contribution in [0.15, 0.2) is 35.5 Å². The van der Waals surface area contributed by atoms with Gasteiger partial charge in [-0.1, -0.05) is 0 Å². The number of non-ortho nitro benzene ring substituents is 1. The van der Waals surface area contributed by atoms with Crippen LogP contribution in [0.3, 0.4) is 0 Å². The lowest BCUT2D eigenvalue weighted by atomic mass is 10.3. The van der Waals surface area contributed by atoms with Crippen molar-refractivity contribution in [1.82, 2.24) is 14.2 Å². The first-order valence-electron chi connectivity index (χ1n) is 4.79. The highest BCUT2D eigenvalue weighted by molar-refractivity contribution is 7.89. The summed E-state index contributed by atoms with van der Waals surface area (Å²) in [7, 11) is -3.84. The van der Waals surface area contributed by atoms with E-state index in [4.69, 9.17) is 0 Å². The summed E-state index contributed by atoms with van der Waals surface area (Å²) in [6.45, 7) is 1.56. The maximum atomic E-state index is 12.0. The summed E-state index contributed by atoms with van der Waals surface area (Å²) in [5.41, 5.74) is -0.177. The molecule has 0 unspecified atom stereocenters. The lowest BCUT2D eigenvalue weighted by Gasteiger charge is -2.02. The number of nitro benzene ring substituents is 1. The van der Waals surface area contributed by atoms with Gasteiger partial charge in [-0.05, 0) is 19.1 Å². The van der Waals surface area contributed by atoms with Gasteiger partial charge in [0.15, 0.2) is 0 Å². The van der Waals surface area contributed by atoms with Crippen LogP contribution in [0, 0.1) is 17.0 Å². The van der Waals surface area contributed by atoms with Gasteiger partial charge in [0, 0.05) is 12.1 Å². The average molecular weight is 268 g/mol. The smallest absolute Gasteiger partial charge is 0.258 e. The maximum absolute atomic E-state index is 12.0. The largest absolute Gasteiger partial charge is 0.284 e. The van der Waals surface area contributed by atoms with E-state index in [0.717, 1.165) is 34.7 Å². The number of hydrogen-bond donors (Lipinski definition) is 0. The number of rotatable bonds is 3. The van der Waals surface area contributed by atoms with E-state index >= 15 is 0 Å². The number of benzene rings is 1. The fourth-order valence-electron chi connectivity index (χ4n) is 1.29. The van der Waals surface area contributed by atoms with Gasteiger partial charge in [-0.3, -0.25) is 10.1 Å². The third-order valence-electron chi connectivity index (χ3n) is 2.18. The van der Waals surface area contributed by atoms with Gasteiger partial charge < -0.3 is 0 Å². The van der Waals surface area contributed by atoms with E-state index in [1.54, 1.807) is 6.92 Å². The molecule has 0 amide bonds. The summed E-state index contributed by atoms with van der Waals surface area (Å²) in [6.07, 6.45) is 1.08. The van der Waals surface area contributed by atoms with Crippen LogP contribution in [0.25, 0.3) is 0 Å². The van der Waals surface area contributed by atoms with Crippen molar-refractivity contribution in [2.45, 2.75) is 11.8 Å². The van der Waals surface area contributed by atoms with Crippen LogP contribution >= 0.6 is 0 Å². The molecule has 0 N–H and O–H groups in total. The van der Waals surface area contributed by atoms with E-state index < -0.39 is 14.9 Å². The minimum Gasteiger partial charge on any atom is -0.258 e. The number of hydrogen-bond acceptors (Lipinski definition) is 6. The number of nitro groups is 1. The van der Waals surface area contributed by atoms with E-state index in [-0.39, 0.29) is 10.6 Å². The molecule has 2 aromatic rings. The molecule has 0 atom stereocenters. The molecule has 94 valence electrons. The quantitative estimate of drug-likeness (QED) is 0.599. The number of aryl methyl sites for hydroxylation is 1. The fourth-order valence-corrected chi connectivity index (χ4v) is 2.38. The zero-order chi connectivity index (χ0) is 13.3. The van der Waals surface area contributed by atoms with Crippen LogP contribution in [0.4, 0.5) is 5.69 Å². The number of nitrogens with zero attached hydrogens (tertiary/aromatic N) is 4. The lowest BCUT2D eigenvalue weighted by molar-refractivity contribution is -0.384. The molecule has 0 radical (unpaired) electrons. The van der Waals surface area contributed by atoms with Gasteiger partial charge in [-0.25, -0.2) is 4.98 Å². The Labute approximate surface area is 102 Å². The van der Waals surface area contributed by atoms with Gasteiger partial charge in [0.25, 0.3) is 15.7 Å². The Morgan fingerprint density at radius 3 is 2.33 bits per heavy atom. The maximum Gasteiger partial charge on any atom is 0.284 e. The molecule has 1 aromatic heterocycles. The van der Waals surface area contributed by atoms with Crippen molar-refractivity contribution < 1.29 is 13.3 Å². The SMILES string of the molecule is Cc1ncn(S(=O)(=O)c2ccc([N+](=O)[O-])cc2)n1. The molecule has 18 heavy (non-hydrogen) atoms. The van der Waals surface area contributed by atoms with Gasteiger partial charge in [0.1, 0.15) is 12.2 Å². The molecule has 0 saturated carbocycles. The van der Waals surface area contributed by atoms with Crippen LogP contribution in [0.5, 0.6) is 0 Å². The Morgan fingerprint density at radius 2 is 1.89 bits per heavy atom. The van der Waals surface area contributed by atoms with Gasteiger partial charge >= 0.3 is 0 Å². The molecule has 0 spiro atoms. The first-order valence-corrected chi connectivity index (χ1v) is 6.23. The van der Waals surface area contributed by atoms with Crippen molar-refractivity contribution in [3.63, 3.8) is 0 Å².